The number of sulfone groups is 1. The summed E-state index contributed by atoms with van der Waals surface area (Å²) in [5.41, 5.74) is 0.0466. The minimum atomic E-state index is -3.10. The summed E-state index contributed by atoms with van der Waals surface area (Å²) in [6.07, 6.45) is -0.802. The van der Waals surface area contributed by atoms with Crippen molar-refractivity contribution in [2.24, 2.45) is 5.92 Å². The van der Waals surface area contributed by atoms with Crippen molar-refractivity contribution in [1.29, 1.82) is 0 Å². The third-order valence-electron chi connectivity index (χ3n) is 3.10. The number of benzene rings is 1. The van der Waals surface area contributed by atoms with Crippen molar-refractivity contribution in [2.45, 2.75) is 12.5 Å². The smallest absolute Gasteiger partial charge is 0.150 e. The van der Waals surface area contributed by atoms with Crippen LogP contribution in [0.15, 0.2) is 16.6 Å². The highest BCUT2D eigenvalue weighted by Crippen LogP contribution is 2.36. The molecule has 7 heteroatoms. The van der Waals surface area contributed by atoms with Gasteiger partial charge in [-0.2, -0.15) is 0 Å². The molecule has 1 aromatic rings. The predicted octanol–water partition coefficient (Wildman–Crippen LogP) is 2.71. The van der Waals surface area contributed by atoms with Gasteiger partial charge in [-0.15, -0.1) is 0 Å². The van der Waals surface area contributed by atoms with E-state index in [0.29, 0.717) is 10.9 Å². The van der Waals surface area contributed by atoms with Gasteiger partial charge in [-0.3, -0.25) is 0 Å². The van der Waals surface area contributed by atoms with Crippen LogP contribution in [0.1, 0.15) is 18.1 Å². The molecule has 0 amide bonds. The first-order valence-electron chi connectivity index (χ1n) is 5.34. The Morgan fingerprint density at radius 3 is 2.72 bits per heavy atom. The number of hydrogen-bond acceptors (Lipinski definition) is 3. The average Bonchev–Trinajstić information content (AvgIpc) is 2.66. The Morgan fingerprint density at radius 2 is 2.17 bits per heavy atom. The Hall–Kier alpha value is -0.170. The Balaban J connectivity index is 2.30. The molecule has 1 N–H and O–H groups in total. The first-order valence-corrected chi connectivity index (χ1v) is 8.33. The maximum atomic E-state index is 13.9. The van der Waals surface area contributed by atoms with Crippen LogP contribution in [0.5, 0.6) is 0 Å². The molecule has 0 bridgehead atoms. The van der Waals surface area contributed by atoms with Gasteiger partial charge in [0, 0.05) is 16.0 Å². The van der Waals surface area contributed by atoms with E-state index < -0.39 is 27.7 Å². The van der Waals surface area contributed by atoms with Crippen LogP contribution in [-0.4, -0.2) is 25.0 Å². The van der Waals surface area contributed by atoms with Crippen molar-refractivity contribution in [1.82, 2.24) is 0 Å². The second-order valence-electron chi connectivity index (χ2n) is 4.37. The summed E-state index contributed by atoms with van der Waals surface area (Å²) in [5.74, 6) is -1.24. The zero-order valence-electron chi connectivity index (χ0n) is 9.24. The summed E-state index contributed by atoms with van der Waals surface area (Å²) < 4.78 is 37.0. The predicted molar refractivity (Wildman–Crippen MR) is 70.8 cm³/mol. The Kier molecular flexibility index (Phi) is 4.02. The summed E-state index contributed by atoms with van der Waals surface area (Å²) in [6, 6.07) is 2.95. The van der Waals surface area contributed by atoms with Crippen molar-refractivity contribution in [3.63, 3.8) is 0 Å². The van der Waals surface area contributed by atoms with Crippen LogP contribution in [0.25, 0.3) is 0 Å². The van der Waals surface area contributed by atoms with E-state index in [1.54, 1.807) is 0 Å². The molecule has 0 spiro atoms. The fourth-order valence-corrected chi connectivity index (χ4v) is 4.40. The molecule has 1 heterocycles. The summed E-state index contributed by atoms with van der Waals surface area (Å²) >= 11 is 8.82. The second-order valence-corrected chi connectivity index (χ2v) is 7.83. The zero-order valence-corrected chi connectivity index (χ0v) is 12.4. The molecule has 0 aliphatic carbocycles. The molecule has 1 aromatic carbocycles. The molecule has 2 unspecified atom stereocenters. The Bertz CT molecular complexity index is 576. The van der Waals surface area contributed by atoms with Gasteiger partial charge >= 0.3 is 0 Å². The molecule has 100 valence electrons. The fourth-order valence-electron chi connectivity index (χ4n) is 2.10. The normalized spacial score (nSPS) is 24.1. The molecule has 0 aromatic heterocycles. The van der Waals surface area contributed by atoms with Gasteiger partial charge < -0.3 is 5.11 Å². The molecule has 1 aliphatic rings. The summed E-state index contributed by atoms with van der Waals surface area (Å²) in [6.45, 7) is 0. The molecule has 3 nitrogen and oxygen atoms in total. The van der Waals surface area contributed by atoms with E-state index in [1.807, 2.05) is 0 Å². The van der Waals surface area contributed by atoms with E-state index in [4.69, 9.17) is 11.6 Å². The topological polar surface area (TPSA) is 54.4 Å². The van der Waals surface area contributed by atoms with E-state index in [9.17, 15) is 17.9 Å². The largest absolute Gasteiger partial charge is 0.388 e. The molecular formula is C11H11BrClFO3S. The van der Waals surface area contributed by atoms with Gasteiger partial charge in [0.15, 0.2) is 9.84 Å². The van der Waals surface area contributed by atoms with Crippen LogP contribution in [0.3, 0.4) is 0 Å². The van der Waals surface area contributed by atoms with Crippen LogP contribution in [-0.2, 0) is 9.84 Å². The van der Waals surface area contributed by atoms with E-state index in [-0.39, 0.29) is 22.1 Å². The Morgan fingerprint density at radius 1 is 1.50 bits per heavy atom. The summed E-state index contributed by atoms with van der Waals surface area (Å²) in [4.78, 5) is 0. The van der Waals surface area contributed by atoms with Crippen LogP contribution in [0.2, 0.25) is 5.02 Å². The number of aliphatic hydroxyl groups is 1. The van der Waals surface area contributed by atoms with Gasteiger partial charge in [-0.25, -0.2) is 12.8 Å². The third-order valence-corrected chi connectivity index (χ3v) is 6.15. The van der Waals surface area contributed by atoms with Crippen molar-refractivity contribution in [3.8, 4) is 0 Å². The SMILES string of the molecule is O=S1(=O)CCC(C(O)c2ccc(Br)c(Cl)c2F)C1. The van der Waals surface area contributed by atoms with E-state index in [2.05, 4.69) is 15.9 Å². The first-order chi connectivity index (χ1) is 8.32. The summed E-state index contributed by atoms with van der Waals surface area (Å²) in [5, 5.41) is 9.97. The molecule has 1 aliphatic heterocycles. The molecule has 2 atom stereocenters. The fraction of sp³-hybridized carbons (Fsp3) is 0.455. The maximum absolute atomic E-state index is 13.9. The highest BCUT2D eigenvalue weighted by Gasteiger charge is 2.35. The van der Waals surface area contributed by atoms with Crippen LogP contribution in [0, 0.1) is 11.7 Å². The minimum absolute atomic E-state index is 0.0423. The number of halogens is 3. The van der Waals surface area contributed by atoms with Crippen LogP contribution >= 0.6 is 27.5 Å². The molecule has 1 saturated heterocycles. The van der Waals surface area contributed by atoms with Crippen molar-refractivity contribution < 1.29 is 17.9 Å². The van der Waals surface area contributed by atoms with Gasteiger partial charge in [-0.05, 0) is 28.4 Å². The number of rotatable bonds is 2. The Labute approximate surface area is 118 Å². The van der Waals surface area contributed by atoms with Gasteiger partial charge in [0.25, 0.3) is 0 Å². The standard InChI is InChI=1S/C11H11BrClFO3S/c12-8-2-1-7(10(14)9(8)13)11(15)6-3-4-18(16,17)5-6/h1-2,6,11,15H,3-5H2. The zero-order chi connectivity index (χ0) is 13.5. The number of aliphatic hydroxyl groups excluding tert-OH is 1. The van der Waals surface area contributed by atoms with Crippen molar-refractivity contribution in [2.75, 3.05) is 11.5 Å². The third kappa shape index (κ3) is 2.71. The van der Waals surface area contributed by atoms with Gasteiger partial charge in [-0.1, -0.05) is 17.7 Å². The van der Waals surface area contributed by atoms with E-state index in [1.165, 1.54) is 12.1 Å². The first kappa shape index (κ1) is 14.2. The van der Waals surface area contributed by atoms with Crippen molar-refractivity contribution >= 4 is 37.4 Å². The lowest BCUT2D eigenvalue weighted by Crippen LogP contribution is -2.15. The highest BCUT2D eigenvalue weighted by molar-refractivity contribution is 9.10. The lowest BCUT2D eigenvalue weighted by molar-refractivity contribution is 0.117. The van der Waals surface area contributed by atoms with Crippen LogP contribution < -0.4 is 0 Å². The van der Waals surface area contributed by atoms with E-state index >= 15 is 0 Å². The minimum Gasteiger partial charge on any atom is -0.388 e. The van der Waals surface area contributed by atoms with Gasteiger partial charge in [0.05, 0.1) is 22.6 Å². The lowest BCUT2D eigenvalue weighted by atomic mass is 9.95. The number of hydrogen-bond donors (Lipinski definition) is 1. The van der Waals surface area contributed by atoms with Crippen LogP contribution in [0.4, 0.5) is 4.39 Å². The second kappa shape index (κ2) is 5.07. The molecule has 0 saturated carbocycles. The molecular weight excluding hydrogens is 347 g/mol. The molecule has 1 fully saturated rings. The van der Waals surface area contributed by atoms with Gasteiger partial charge in [0.2, 0.25) is 0 Å². The average molecular weight is 358 g/mol. The maximum Gasteiger partial charge on any atom is 0.150 e. The van der Waals surface area contributed by atoms with Gasteiger partial charge in [0.1, 0.15) is 5.82 Å². The molecule has 18 heavy (non-hydrogen) atoms. The monoisotopic (exact) mass is 356 g/mol. The lowest BCUT2D eigenvalue weighted by Gasteiger charge is -2.18. The highest BCUT2D eigenvalue weighted by atomic mass is 79.9. The van der Waals surface area contributed by atoms with E-state index in [0.717, 1.165) is 0 Å². The molecule has 0 radical (unpaired) electrons. The molecule has 2 rings (SSSR count). The summed E-state index contributed by atoms with van der Waals surface area (Å²) in [7, 11) is -3.10. The van der Waals surface area contributed by atoms with Crippen molar-refractivity contribution in [3.05, 3.63) is 33.0 Å². The quantitative estimate of drug-likeness (QED) is 0.828.